The minimum absolute atomic E-state index is 0.0613. The summed E-state index contributed by atoms with van der Waals surface area (Å²) in [4.78, 5) is 46.0. The van der Waals surface area contributed by atoms with E-state index in [2.05, 4.69) is 0 Å². The first-order valence-electron chi connectivity index (χ1n) is 5.36. The summed E-state index contributed by atoms with van der Waals surface area (Å²) < 4.78 is 0. The minimum atomic E-state index is -1.11. The lowest BCUT2D eigenvalue weighted by atomic mass is 9.64. The molecule has 0 aromatic heterocycles. The van der Waals surface area contributed by atoms with Gasteiger partial charge in [0.05, 0.1) is 11.3 Å². The third kappa shape index (κ3) is 1.96. The third-order valence-electron chi connectivity index (χ3n) is 3.58. The standard InChI is InChI=1S/C12H16O4/c1-7(13)10-6-12(8(2)14,9(3)15)5-4-11(10)16/h10H,4-6H2,1-3H3. The Morgan fingerprint density at radius 1 is 1.12 bits per heavy atom. The molecule has 0 spiro atoms. The highest BCUT2D eigenvalue weighted by Crippen LogP contribution is 2.39. The molecule has 88 valence electrons. The lowest BCUT2D eigenvalue weighted by molar-refractivity contribution is -0.146. The van der Waals surface area contributed by atoms with Gasteiger partial charge in [0.1, 0.15) is 23.1 Å². The molecule has 1 aliphatic rings. The van der Waals surface area contributed by atoms with Crippen LogP contribution in [0, 0.1) is 11.3 Å². The van der Waals surface area contributed by atoms with Crippen molar-refractivity contribution in [3.05, 3.63) is 0 Å². The van der Waals surface area contributed by atoms with Crippen LogP contribution in [0.5, 0.6) is 0 Å². The van der Waals surface area contributed by atoms with Crippen LogP contribution in [-0.4, -0.2) is 23.1 Å². The second-order valence-electron chi connectivity index (χ2n) is 4.53. The molecule has 4 heteroatoms. The number of hydrogen-bond donors (Lipinski definition) is 0. The van der Waals surface area contributed by atoms with Crippen LogP contribution in [-0.2, 0) is 19.2 Å². The summed E-state index contributed by atoms with van der Waals surface area (Å²) in [6.45, 7) is 4.04. The summed E-state index contributed by atoms with van der Waals surface area (Å²) in [7, 11) is 0. The third-order valence-corrected chi connectivity index (χ3v) is 3.58. The predicted molar refractivity (Wildman–Crippen MR) is 56.8 cm³/mol. The maximum absolute atomic E-state index is 11.6. The molecule has 1 rings (SSSR count). The van der Waals surface area contributed by atoms with Gasteiger partial charge in [0, 0.05) is 6.42 Å². The van der Waals surface area contributed by atoms with Gasteiger partial charge in [-0.1, -0.05) is 0 Å². The van der Waals surface area contributed by atoms with E-state index in [9.17, 15) is 19.2 Å². The summed E-state index contributed by atoms with van der Waals surface area (Å²) in [6, 6.07) is 0. The molecule has 0 radical (unpaired) electrons. The molecular formula is C12H16O4. The minimum Gasteiger partial charge on any atom is -0.299 e. The van der Waals surface area contributed by atoms with Crippen LogP contribution in [0.4, 0.5) is 0 Å². The molecule has 1 saturated carbocycles. The summed E-state index contributed by atoms with van der Waals surface area (Å²) in [6.07, 6.45) is 0.454. The number of carbonyl (C=O) groups is 4. The molecule has 1 atom stereocenters. The zero-order chi connectivity index (χ0) is 12.5. The van der Waals surface area contributed by atoms with Crippen molar-refractivity contribution in [1.29, 1.82) is 0 Å². The van der Waals surface area contributed by atoms with Crippen LogP contribution in [0.1, 0.15) is 40.0 Å². The first-order valence-corrected chi connectivity index (χ1v) is 5.36. The molecule has 1 fully saturated rings. The van der Waals surface area contributed by atoms with Crippen LogP contribution < -0.4 is 0 Å². The number of ketones is 4. The monoisotopic (exact) mass is 224 g/mol. The van der Waals surface area contributed by atoms with Gasteiger partial charge in [-0.2, -0.15) is 0 Å². The highest BCUT2D eigenvalue weighted by Gasteiger charge is 2.48. The van der Waals surface area contributed by atoms with Gasteiger partial charge >= 0.3 is 0 Å². The van der Waals surface area contributed by atoms with E-state index in [0.717, 1.165) is 0 Å². The van der Waals surface area contributed by atoms with Crippen molar-refractivity contribution in [3.8, 4) is 0 Å². The lowest BCUT2D eigenvalue weighted by Gasteiger charge is -2.35. The van der Waals surface area contributed by atoms with Crippen molar-refractivity contribution < 1.29 is 19.2 Å². The van der Waals surface area contributed by atoms with Crippen molar-refractivity contribution in [1.82, 2.24) is 0 Å². The van der Waals surface area contributed by atoms with Crippen LogP contribution in [0.15, 0.2) is 0 Å². The Kier molecular flexibility index (Phi) is 3.41. The van der Waals surface area contributed by atoms with Gasteiger partial charge in [0.15, 0.2) is 0 Å². The molecule has 0 bridgehead atoms. The molecule has 0 aromatic carbocycles. The molecule has 16 heavy (non-hydrogen) atoms. The fourth-order valence-corrected chi connectivity index (χ4v) is 2.33. The predicted octanol–water partition coefficient (Wildman–Crippen LogP) is 1.11. The van der Waals surface area contributed by atoms with Crippen molar-refractivity contribution in [2.24, 2.45) is 11.3 Å². The molecule has 4 nitrogen and oxygen atoms in total. The fourth-order valence-electron chi connectivity index (χ4n) is 2.33. The van der Waals surface area contributed by atoms with E-state index in [1.54, 1.807) is 0 Å². The van der Waals surface area contributed by atoms with Crippen molar-refractivity contribution in [3.63, 3.8) is 0 Å². The Morgan fingerprint density at radius 3 is 2.00 bits per heavy atom. The highest BCUT2D eigenvalue weighted by atomic mass is 16.2. The van der Waals surface area contributed by atoms with Crippen molar-refractivity contribution in [2.75, 3.05) is 0 Å². The van der Waals surface area contributed by atoms with Gasteiger partial charge in [0.25, 0.3) is 0 Å². The van der Waals surface area contributed by atoms with Crippen LogP contribution >= 0.6 is 0 Å². The Bertz CT molecular complexity index is 353. The maximum atomic E-state index is 11.6. The van der Waals surface area contributed by atoms with E-state index in [1.807, 2.05) is 0 Å². The Balaban J connectivity index is 3.08. The van der Waals surface area contributed by atoms with Gasteiger partial charge in [-0.25, -0.2) is 0 Å². The quantitative estimate of drug-likeness (QED) is 0.673. The topological polar surface area (TPSA) is 68.3 Å². The zero-order valence-corrected chi connectivity index (χ0v) is 9.83. The zero-order valence-electron chi connectivity index (χ0n) is 9.83. The summed E-state index contributed by atoms with van der Waals surface area (Å²) in [5.74, 6) is -1.65. The smallest absolute Gasteiger partial charge is 0.143 e. The first-order chi connectivity index (χ1) is 7.31. The molecule has 0 saturated heterocycles. The van der Waals surface area contributed by atoms with Gasteiger partial charge in [-0.05, 0) is 33.6 Å². The van der Waals surface area contributed by atoms with Crippen molar-refractivity contribution >= 4 is 23.1 Å². The molecule has 0 N–H and O–H groups in total. The molecule has 0 aromatic rings. The molecule has 0 amide bonds. The van der Waals surface area contributed by atoms with E-state index in [0.29, 0.717) is 0 Å². The highest BCUT2D eigenvalue weighted by molar-refractivity contribution is 6.10. The van der Waals surface area contributed by atoms with E-state index < -0.39 is 11.3 Å². The molecular weight excluding hydrogens is 208 g/mol. The average molecular weight is 224 g/mol. The second-order valence-corrected chi connectivity index (χ2v) is 4.53. The SMILES string of the molecule is CC(=O)C1CC(C(C)=O)(C(C)=O)CCC1=O. The first kappa shape index (κ1) is 12.7. The fraction of sp³-hybridized carbons (Fsp3) is 0.667. The van der Waals surface area contributed by atoms with Crippen LogP contribution in [0.2, 0.25) is 0 Å². The van der Waals surface area contributed by atoms with E-state index in [-0.39, 0.29) is 42.4 Å². The van der Waals surface area contributed by atoms with Gasteiger partial charge in [-0.3, -0.25) is 19.2 Å². The molecule has 0 heterocycles. The molecule has 1 aliphatic carbocycles. The van der Waals surface area contributed by atoms with Crippen molar-refractivity contribution in [2.45, 2.75) is 40.0 Å². The summed E-state index contributed by atoms with van der Waals surface area (Å²) in [5, 5.41) is 0. The maximum Gasteiger partial charge on any atom is 0.143 e. The number of hydrogen-bond acceptors (Lipinski definition) is 4. The number of Topliss-reactive ketones (excluding diaryl/α,β-unsaturated/α-hetero) is 4. The molecule has 1 unspecified atom stereocenters. The Hall–Kier alpha value is -1.32. The van der Waals surface area contributed by atoms with Crippen LogP contribution in [0.3, 0.4) is 0 Å². The summed E-state index contributed by atoms with van der Waals surface area (Å²) in [5.41, 5.74) is -1.11. The lowest BCUT2D eigenvalue weighted by Crippen LogP contribution is -2.45. The van der Waals surface area contributed by atoms with E-state index in [1.165, 1.54) is 20.8 Å². The Morgan fingerprint density at radius 2 is 1.62 bits per heavy atom. The average Bonchev–Trinajstić information content (AvgIpc) is 2.17. The summed E-state index contributed by atoms with van der Waals surface area (Å²) >= 11 is 0. The van der Waals surface area contributed by atoms with Gasteiger partial charge in [0.2, 0.25) is 0 Å². The Labute approximate surface area is 94.4 Å². The van der Waals surface area contributed by atoms with E-state index in [4.69, 9.17) is 0 Å². The number of carbonyl (C=O) groups excluding carboxylic acids is 4. The normalized spacial score (nSPS) is 23.9. The van der Waals surface area contributed by atoms with Gasteiger partial charge < -0.3 is 0 Å². The largest absolute Gasteiger partial charge is 0.299 e. The second kappa shape index (κ2) is 4.28. The van der Waals surface area contributed by atoms with Crippen LogP contribution in [0.25, 0.3) is 0 Å². The van der Waals surface area contributed by atoms with Gasteiger partial charge in [-0.15, -0.1) is 0 Å². The number of rotatable bonds is 3. The van der Waals surface area contributed by atoms with E-state index >= 15 is 0 Å². The molecule has 0 aliphatic heterocycles.